The van der Waals surface area contributed by atoms with Gasteiger partial charge in [0, 0.05) is 24.6 Å². The highest BCUT2D eigenvalue weighted by molar-refractivity contribution is 5.91. The number of amides is 1. The lowest BCUT2D eigenvalue weighted by atomic mass is 9.71. The van der Waals surface area contributed by atoms with Crippen LogP contribution in [0.25, 0.3) is 0 Å². The Morgan fingerprint density at radius 1 is 1.11 bits per heavy atom. The van der Waals surface area contributed by atoms with E-state index in [4.69, 9.17) is 9.47 Å². The van der Waals surface area contributed by atoms with E-state index in [-0.39, 0.29) is 11.3 Å². The molecule has 8 heteroatoms. The maximum atomic E-state index is 12.8. The van der Waals surface area contributed by atoms with Gasteiger partial charge >= 0.3 is 0 Å². The van der Waals surface area contributed by atoms with Crippen molar-refractivity contribution < 1.29 is 14.3 Å². The maximum absolute atomic E-state index is 12.8. The van der Waals surface area contributed by atoms with E-state index in [9.17, 15) is 4.79 Å². The van der Waals surface area contributed by atoms with E-state index < -0.39 is 0 Å². The molecule has 27 heavy (non-hydrogen) atoms. The fraction of sp³-hybridized carbons (Fsp3) is 0.579. The first kappa shape index (κ1) is 17.8. The third-order valence-electron chi connectivity index (χ3n) is 5.37. The van der Waals surface area contributed by atoms with Gasteiger partial charge in [-0.05, 0) is 40.8 Å². The second-order valence-corrected chi connectivity index (χ2v) is 7.51. The molecule has 1 N–H and O–H groups in total. The molecule has 144 valence electrons. The molecule has 0 spiro atoms. The van der Waals surface area contributed by atoms with Gasteiger partial charge in [-0.15, -0.1) is 5.10 Å². The summed E-state index contributed by atoms with van der Waals surface area (Å²) in [6.07, 6.45) is 8.47. The Labute approximate surface area is 158 Å². The van der Waals surface area contributed by atoms with Gasteiger partial charge in [-0.2, -0.15) is 0 Å². The zero-order chi connectivity index (χ0) is 18.5. The van der Waals surface area contributed by atoms with Crippen molar-refractivity contribution in [2.75, 3.05) is 18.5 Å². The van der Waals surface area contributed by atoms with Gasteiger partial charge in [-0.1, -0.05) is 19.3 Å². The van der Waals surface area contributed by atoms with Crippen LogP contribution in [0.3, 0.4) is 0 Å². The SMILES string of the molecule is O=C(CC1(Cn2cnnn2)CCCCC1)Nc1ccc2c(c1)OCCCO2. The van der Waals surface area contributed by atoms with Crippen molar-refractivity contribution in [2.45, 2.75) is 51.5 Å². The first-order valence-electron chi connectivity index (χ1n) is 9.63. The van der Waals surface area contributed by atoms with Crippen molar-refractivity contribution in [2.24, 2.45) is 5.41 Å². The van der Waals surface area contributed by atoms with Crippen molar-refractivity contribution in [1.82, 2.24) is 20.2 Å². The van der Waals surface area contributed by atoms with Gasteiger partial charge in [-0.3, -0.25) is 4.79 Å². The number of nitrogens with one attached hydrogen (secondary N) is 1. The molecule has 1 aromatic carbocycles. The molecule has 1 aliphatic carbocycles. The van der Waals surface area contributed by atoms with Gasteiger partial charge in [0.2, 0.25) is 5.91 Å². The Kier molecular flexibility index (Phi) is 5.22. The third kappa shape index (κ3) is 4.37. The van der Waals surface area contributed by atoms with E-state index >= 15 is 0 Å². The van der Waals surface area contributed by atoms with Crippen LogP contribution in [0.15, 0.2) is 24.5 Å². The number of hydrogen-bond acceptors (Lipinski definition) is 6. The van der Waals surface area contributed by atoms with E-state index in [1.807, 2.05) is 18.2 Å². The maximum Gasteiger partial charge on any atom is 0.225 e. The summed E-state index contributed by atoms with van der Waals surface area (Å²) in [5, 5.41) is 14.5. The third-order valence-corrected chi connectivity index (χ3v) is 5.37. The quantitative estimate of drug-likeness (QED) is 0.869. The summed E-state index contributed by atoms with van der Waals surface area (Å²) in [6.45, 7) is 1.95. The number of aromatic nitrogens is 4. The Balaban J connectivity index is 1.44. The molecule has 1 saturated carbocycles. The summed E-state index contributed by atoms with van der Waals surface area (Å²) in [5.74, 6) is 1.43. The van der Waals surface area contributed by atoms with Crippen LogP contribution in [0.1, 0.15) is 44.9 Å². The predicted octanol–water partition coefficient (Wildman–Crippen LogP) is 2.81. The van der Waals surface area contributed by atoms with Crippen LogP contribution < -0.4 is 14.8 Å². The van der Waals surface area contributed by atoms with Crippen molar-refractivity contribution in [3.8, 4) is 11.5 Å². The minimum absolute atomic E-state index is 0.0134. The average Bonchev–Trinajstić information content (AvgIpc) is 3.05. The fourth-order valence-corrected chi connectivity index (χ4v) is 4.08. The molecule has 0 bridgehead atoms. The number of rotatable bonds is 5. The van der Waals surface area contributed by atoms with E-state index in [1.54, 1.807) is 11.0 Å². The number of fused-ring (bicyclic) bond motifs is 1. The number of benzene rings is 1. The molecule has 2 aromatic rings. The molecule has 1 amide bonds. The summed E-state index contributed by atoms with van der Waals surface area (Å²) in [7, 11) is 0. The standard InChI is InChI=1S/C19H25N5O3/c25-18(21-15-5-6-16-17(11-15)27-10-4-9-26-16)12-19(7-2-1-3-8-19)13-24-14-20-22-23-24/h5-6,11,14H,1-4,7-10,12-13H2,(H,21,25). The predicted molar refractivity (Wildman–Crippen MR) is 98.6 cm³/mol. The lowest BCUT2D eigenvalue weighted by Crippen LogP contribution is -2.34. The highest BCUT2D eigenvalue weighted by atomic mass is 16.5. The minimum atomic E-state index is -0.0942. The molecule has 2 heterocycles. The van der Waals surface area contributed by atoms with Crippen LogP contribution in [0, 0.1) is 5.41 Å². The van der Waals surface area contributed by atoms with E-state index in [2.05, 4.69) is 20.8 Å². The van der Waals surface area contributed by atoms with E-state index in [0.29, 0.717) is 31.9 Å². The minimum Gasteiger partial charge on any atom is -0.490 e. The number of carbonyl (C=O) groups is 1. The number of nitrogens with zero attached hydrogens (tertiary/aromatic N) is 4. The molecule has 0 saturated heterocycles. The van der Waals surface area contributed by atoms with Gasteiger partial charge in [-0.25, -0.2) is 4.68 Å². The smallest absolute Gasteiger partial charge is 0.225 e. The lowest BCUT2D eigenvalue weighted by molar-refractivity contribution is -0.119. The molecule has 1 fully saturated rings. The zero-order valence-corrected chi connectivity index (χ0v) is 15.4. The zero-order valence-electron chi connectivity index (χ0n) is 15.4. The number of anilines is 1. The number of carbonyl (C=O) groups excluding carboxylic acids is 1. The molecular formula is C19H25N5O3. The van der Waals surface area contributed by atoms with Gasteiger partial charge in [0.15, 0.2) is 11.5 Å². The summed E-state index contributed by atoms with van der Waals surface area (Å²) in [4.78, 5) is 12.8. The average molecular weight is 371 g/mol. The van der Waals surface area contributed by atoms with Gasteiger partial charge in [0.05, 0.1) is 19.8 Å². The Morgan fingerprint density at radius 2 is 1.93 bits per heavy atom. The van der Waals surface area contributed by atoms with Gasteiger partial charge in [0.1, 0.15) is 6.33 Å². The first-order chi connectivity index (χ1) is 13.2. The summed E-state index contributed by atoms with van der Waals surface area (Å²) < 4.78 is 13.1. The summed E-state index contributed by atoms with van der Waals surface area (Å²) >= 11 is 0. The molecule has 0 radical (unpaired) electrons. The number of tetrazole rings is 1. The molecular weight excluding hydrogens is 346 g/mol. The van der Waals surface area contributed by atoms with E-state index in [1.165, 1.54) is 6.42 Å². The Hall–Kier alpha value is -2.64. The highest BCUT2D eigenvalue weighted by Crippen LogP contribution is 2.41. The first-order valence-corrected chi connectivity index (χ1v) is 9.63. The lowest BCUT2D eigenvalue weighted by Gasteiger charge is -2.36. The van der Waals surface area contributed by atoms with Crippen LogP contribution in [0.2, 0.25) is 0 Å². The molecule has 0 atom stereocenters. The highest BCUT2D eigenvalue weighted by Gasteiger charge is 2.35. The second kappa shape index (κ2) is 7.94. The molecule has 8 nitrogen and oxygen atoms in total. The van der Waals surface area contributed by atoms with Crippen LogP contribution in [-0.4, -0.2) is 39.3 Å². The Morgan fingerprint density at radius 3 is 2.70 bits per heavy atom. The fourth-order valence-electron chi connectivity index (χ4n) is 4.08. The topological polar surface area (TPSA) is 91.2 Å². The van der Waals surface area contributed by atoms with Crippen molar-refractivity contribution >= 4 is 11.6 Å². The largest absolute Gasteiger partial charge is 0.490 e. The van der Waals surface area contributed by atoms with Gasteiger partial charge in [0.25, 0.3) is 0 Å². The summed E-state index contributed by atoms with van der Waals surface area (Å²) in [5.41, 5.74) is 0.640. The normalized spacial score (nSPS) is 18.5. The second-order valence-electron chi connectivity index (χ2n) is 7.51. The molecule has 1 aromatic heterocycles. The van der Waals surface area contributed by atoms with Crippen molar-refractivity contribution in [3.63, 3.8) is 0 Å². The molecule has 0 unspecified atom stereocenters. The number of ether oxygens (including phenoxy) is 2. The number of hydrogen-bond donors (Lipinski definition) is 1. The van der Waals surface area contributed by atoms with Crippen LogP contribution >= 0.6 is 0 Å². The van der Waals surface area contributed by atoms with Crippen LogP contribution in [0.4, 0.5) is 5.69 Å². The molecule has 4 rings (SSSR count). The van der Waals surface area contributed by atoms with Crippen LogP contribution in [0.5, 0.6) is 11.5 Å². The molecule has 2 aliphatic rings. The summed E-state index contributed by atoms with van der Waals surface area (Å²) in [6, 6.07) is 5.56. The van der Waals surface area contributed by atoms with Crippen LogP contribution in [-0.2, 0) is 11.3 Å². The van der Waals surface area contributed by atoms with E-state index in [0.717, 1.165) is 43.5 Å². The monoisotopic (exact) mass is 371 g/mol. The Bertz CT molecular complexity index is 772. The van der Waals surface area contributed by atoms with Crippen molar-refractivity contribution in [3.05, 3.63) is 24.5 Å². The van der Waals surface area contributed by atoms with Crippen molar-refractivity contribution in [1.29, 1.82) is 0 Å². The molecule has 1 aliphatic heterocycles. The van der Waals surface area contributed by atoms with Gasteiger partial charge < -0.3 is 14.8 Å².